The molecule has 0 aromatic heterocycles. The van der Waals surface area contributed by atoms with Crippen LogP contribution in [0.1, 0.15) is 61.8 Å². The molecule has 2 saturated carbocycles. The summed E-state index contributed by atoms with van der Waals surface area (Å²) >= 11 is 0. The standard InChI is InChI=1S/C20H30N2O/c1-12-6-4-9-18(13(12)2)14(3)22-20(23)17-10-15-7-5-8-16(11-17)19(15)21/h4,6,9,14-17,19H,5,7-8,10-11,21H2,1-3H3,(H,22,23). The van der Waals surface area contributed by atoms with Gasteiger partial charge in [-0.25, -0.2) is 0 Å². The molecule has 1 aromatic carbocycles. The highest BCUT2D eigenvalue weighted by Crippen LogP contribution is 2.42. The van der Waals surface area contributed by atoms with E-state index in [0.717, 1.165) is 12.8 Å². The molecule has 126 valence electrons. The molecule has 2 bridgehead atoms. The molecule has 0 spiro atoms. The van der Waals surface area contributed by atoms with Crippen molar-refractivity contribution in [2.45, 2.75) is 65.0 Å². The Morgan fingerprint density at radius 1 is 1.22 bits per heavy atom. The number of amides is 1. The molecule has 0 radical (unpaired) electrons. The summed E-state index contributed by atoms with van der Waals surface area (Å²) in [6.07, 6.45) is 5.64. The number of carbonyl (C=O) groups excluding carboxylic acids is 1. The van der Waals surface area contributed by atoms with Gasteiger partial charge in [0.25, 0.3) is 0 Å². The summed E-state index contributed by atoms with van der Waals surface area (Å²) in [5.74, 6) is 1.48. The normalized spacial score (nSPS) is 31.5. The van der Waals surface area contributed by atoms with Crippen LogP contribution in [-0.2, 0) is 4.79 Å². The molecule has 3 nitrogen and oxygen atoms in total. The summed E-state index contributed by atoms with van der Waals surface area (Å²) in [7, 11) is 0. The summed E-state index contributed by atoms with van der Waals surface area (Å²) in [6, 6.07) is 6.71. The van der Waals surface area contributed by atoms with Crippen LogP contribution in [0.5, 0.6) is 0 Å². The van der Waals surface area contributed by atoms with Crippen molar-refractivity contribution in [3.05, 3.63) is 34.9 Å². The molecule has 3 atom stereocenters. The Kier molecular flexibility index (Phi) is 4.77. The third-order valence-electron chi connectivity index (χ3n) is 6.26. The second-order valence-electron chi connectivity index (χ2n) is 7.72. The minimum Gasteiger partial charge on any atom is -0.349 e. The van der Waals surface area contributed by atoms with Gasteiger partial charge in [0.15, 0.2) is 0 Å². The summed E-state index contributed by atoms with van der Waals surface area (Å²) in [4.78, 5) is 12.8. The van der Waals surface area contributed by atoms with Crippen LogP contribution in [0.15, 0.2) is 18.2 Å². The molecule has 3 rings (SSSR count). The first-order valence-electron chi connectivity index (χ1n) is 9.09. The molecular weight excluding hydrogens is 284 g/mol. The van der Waals surface area contributed by atoms with Gasteiger partial charge in [0.1, 0.15) is 0 Å². The van der Waals surface area contributed by atoms with Gasteiger partial charge in [-0.2, -0.15) is 0 Å². The minimum atomic E-state index is 0.0674. The van der Waals surface area contributed by atoms with Gasteiger partial charge in [0.2, 0.25) is 5.91 Å². The summed E-state index contributed by atoms with van der Waals surface area (Å²) in [6.45, 7) is 6.35. The number of carbonyl (C=O) groups is 1. The third-order valence-corrected chi connectivity index (χ3v) is 6.26. The van der Waals surface area contributed by atoms with E-state index in [1.54, 1.807) is 0 Å². The second-order valence-corrected chi connectivity index (χ2v) is 7.72. The molecule has 1 aromatic rings. The highest BCUT2D eigenvalue weighted by atomic mass is 16.1. The summed E-state index contributed by atoms with van der Waals surface area (Å²) in [5, 5.41) is 3.26. The average Bonchev–Trinajstić information content (AvgIpc) is 2.49. The molecule has 3 unspecified atom stereocenters. The van der Waals surface area contributed by atoms with E-state index in [2.05, 4.69) is 44.3 Å². The van der Waals surface area contributed by atoms with E-state index in [9.17, 15) is 4.79 Å². The lowest BCUT2D eigenvalue weighted by atomic mass is 9.65. The van der Waals surface area contributed by atoms with E-state index < -0.39 is 0 Å². The molecule has 0 heterocycles. The number of rotatable bonds is 3. The highest BCUT2D eigenvalue weighted by molar-refractivity contribution is 5.79. The lowest BCUT2D eigenvalue weighted by Gasteiger charge is -2.43. The number of hydrogen-bond acceptors (Lipinski definition) is 2. The molecule has 23 heavy (non-hydrogen) atoms. The average molecular weight is 314 g/mol. The Balaban J connectivity index is 1.66. The molecule has 3 N–H and O–H groups in total. The van der Waals surface area contributed by atoms with Gasteiger partial charge in [-0.15, -0.1) is 0 Å². The molecule has 0 saturated heterocycles. The Morgan fingerprint density at radius 2 is 1.87 bits per heavy atom. The van der Waals surface area contributed by atoms with Crippen LogP contribution in [0.2, 0.25) is 0 Å². The molecule has 3 heteroatoms. The number of fused-ring (bicyclic) bond motifs is 2. The van der Waals surface area contributed by atoms with Crippen molar-refractivity contribution < 1.29 is 4.79 Å². The van der Waals surface area contributed by atoms with Crippen molar-refractivity contribution >= 4 is 5.91 Å². The number of nitrogens with one attached hydrogen (secondary N) is 1. The Labute approximate surface area is 140 Å². The zero-order valence-electron chi connectivity index (χ0n) is 14.6. The largest absolute Gasteiger partial charge is 0.349 e. The maximum absolute atomic E-state index is 12.8. The molecule has 2 aliphatic carbocycles. The maximum Gasteiger partial charge on any atom is 0.223 e. The zero-order valence-corrected chi connectivity index (χ0v) is 14.6. The van der Waals surface area contributed by atoms with Crippen LogP contribution in [0.25, 0.3) is 0 Å². The Hall–Kier alpha value is -1.35. The van der Waals surface area contributed by atoms with Gasteiger partial charge in [0, 0.05) is 12.0 Å². The van der Waals surface area contributed by atoms with Crippen LogP contribution in [0.3, 0.4) is 0 Å². The third kappa shape index (κ3) is 3.30. The van der Waals surface area contributed by atoms with Gasteiger partial charge in [-0.3, -0.25) is 4.79 Å². The molecule has 2 aliphatic rings. The van der Waals surface area contributed by atoms with E-state index >= 15 is 0 Å². The lowest BCUT2D eigenvalue weighted by Crippen LogP contribution is -2.49. The van der Waals surface area contributed by atoms with Crippen molar-refractivity contribution in [2.75, 3.05) is 0 Å². The Bertz CT molecular complexity index is 569. The number of hydrogen-bond donors (Lipinski definition) is 2. The van der Waals surface area contributed by atoms with Crippen molar-refractivity contribution in [2.24, 2.45) is 23.5 Å². The van der Waals surface area contributed by atoms with Gasteiger partial charge in [0.05, 0.1) is 6.04 Å². The van der Waals surface area contributed by atoms with Gasteiger partial charge < -0.3 is 11.1 Å². The van der Waals surface area contributed by atoms with Crippen molar-refractivity contribution in [1.82, 2.24) is 5.32 Å². The van der Waals surface area contributed by atoms with Gasteiger partial charge in [-0.05, 0) is 75.0 Å². The second kappa shape index (κ2) is 6.64. The minimum absolute atomic E-state index is 0.0674. The van der Waals surface area contributed by atoms with Crippen LogP contribution in [0.4, 0.5) is 0 Å². The SMILES string of the molecule is Cc1cccc(C(C)NC(=O)C2CC3CCCC(C2)C3N)c1C. The fraction of sp³-hybridized carbons (Fsp3) is 0.650. The van der Waals surface area contributed by atoms with E-state index in [1.165, 1.54) is 36.0 Å². The molecular formula is C20H30N2O. The molecule has 0 aliphatic heterocycles. The maximum atomic E-state index is 12.8. The molecule has 1 amide bonds. The van der Waals surface area contributed by atoms with Crippen LogP contribution in [0, 0.1) is 31.6 Å². The number of aryl methyl sites for hydroxylation is 1. The van der Waals surface area contributed by atoms with E-state index in [4.69, 9.17) is 5.73 Å². The first kappa shape index (κ1) is 16.5. The van der Waals surface area contributed by atoms with Crippen LogP contribution < -0.4 is 11.1 Å². The highest BCUT2D eigenvalue weighted by Gasteiger charge is 2.40. The van der Waals surface area contributed by atoms with Crippen molar-refractivity contribution in [3.8, 4) is 0 Å². The van der Waals surface area contributed by atoms with E-state index in [0.29, 0.717) is 17.9 Å². The van der Waals surface area contributed by atoms with Crippen LogP contribution >= 0.6 is 0 Å². The fourth-order valence-electron chi connectivity index (χ4n) is 4.66. The summed E-state index contributed by atoms with van der Waals surface area (Å²) in [5.41, 5.74) is 10.1. The van der Waals surface area contributed by atoms with Crippen LogP contribution in [-0.4, -0.2) is 11.9 Å². The lowest BCUT2D eigenvalue weighted by molar-refractivity contribution is -0.128. The topological polar surface area (TPSA) is 55.1 Å². The van der Waals surface area contributed by atoms with Crippen molar-refractivity contribution in [1.29, 1.82) is 0 Å². The monoisotopic (exact) mass is 314 g/mol. The first-order valence-corrected chi connectivity index (χ1v) is 9.09. The van der Waals surface area contributed by atoms with Crippen molar-refractivity contribution in [3.63, 3.8) is 0 Å². The fourth-order valence-corrected chi connectivity index (χ4v) is 4.66. The van der Waals surface area contributed by atoms with Gasteiger partial charge in [-0.1, -0.05) is 24.6 Å². The zero-order chi connectivity index (χ0) is 16.6. The quantitative estimate of drug-likeness (QED) is 0.895. The number of nitrogens with two attached hydrogens (primary N) is 1. The first-order chi connectivity index (χ1) is 11.0. The Morgan fingerprint density at radius 3 is 2.52 bits per heavy atom. The predicted molar refractivity (Wildman–Crippen MR) is 94.0 cm³/mol. The smallest absolute Gasteiger partial charge is 0.223 e. The van der Waals surface area contributed by atoms with E-state index in [-0.39, 0.29) is 17.9 Å². The van der Waals surface area contributed by atoms with Gasteiger partial charge >= 0.3 is 0 Å². The summed E-state index contributed by atoms with van der Waals surface area (Å²) < 4.78 is 0. The van der Waals surface area contributed by atoms with E-state index in [1.807, 2.05) is 0 Å². The number of benzene rings is 1. The predicted octanol–water partition coefficient (Wildman–Crippen LogP) is 3.63. The molecule has 2 fully saturated rings.